The lowest BCUT2D eigenvalue weighted by Crippen LogP contribution is -2.24. The molecule has 4 aromatic rings. The van der Waals surface area contributed by atoms with Crippen molar-refractivity contribution < 1.29 is 27.2 Å². The number of benzene rings is 2. The number of H-pyrrole nitrogens is 1. The summed E-state index contributed by atoms with van der Waals surface area (Å²) in [5.41, 5.74) is 0.656. The van der Waals surface area contributed by atoms with Crippen molar-refractivity contribution >= 4 is 28.5 Å². The SMILES string of the molecule is CC(=O)c1ccc(CNc2n[nH]c3c(C(=O)NCc4ccc(F)c(C(F)(F)F)c4)ncnc23)cc1. The second-order valence-electron chi connectivity index (χ2n) is 7.62. The maximum absolute atomic E-state index is 13.5. The van der Waals surface area contributed by atoms with Crippen LogP contribution in [0.25, 0.3) is 11.0 Å². The van der Waals surface area contributed by atoms with Crippen molar-refractivity contribution in [2.75, 3.05) is 5.32 Å². The number of carbonyl (C=O) groups excluding carboxylic acids is 2. The molecule has 0 radical (unpaired) electrons. The molecule has 8 nitrogen and oxygen atoms in total. The normalized spacial score (nSPS) is 11.5. The van der Waals surface area contributed by atoms with Gasteiger partial charge in [0, 0.05) is 18.7 Å². The zero-order valence-corrected chi connectivity index (χ0v) is 18.2. The van der Waals surface area contributed by atoms with Gasteiger partial charge in [-0.1, -0.05) is 30.3 Å². The maximum Gasteiger partial charge on any atom is 0.419 e. The predicted octanol–water partition coefficient (Wildman–Crippen LogP) is 4.26. The average molecular weight is 486 g/mol. The third-order valence-corrected chi connectivity index (χ3v) is 5.18. The number of halogens is 4. The number of carbonyl (C=O) groups is 2. The van der Waals surface area contributed by atoms with E-state index in [9.17, 15) is 27.2 Å². The minimum atomic E-state index is -4.85. The molecule has 0 atom stereocenters. The Hall–Kier alpha value is -4.35. The van der Waals surface area contributed by atoms with Gasteiger partial charge in [0.15, 0.2) is 17.3 Å². The number of aromatic nitrogens is 4. The summed E-state index contributed by atoms with van der Waals surface area (Å²) in [5, 5.41) is 12.4. The molecule has 0 unspecified atom stereocenters. The summed E-state index contributed by atoms with van der Waals surface area (Å²) in [7, 11) is 0. The van der Waals surface area contributed by atoms with E-state index in [-0.39, 0.29) is 29.1 Å². The Morgan fingerprint density at radius 2 is 1.71 bits per heavy atom. The van der Waals surface area contributed by atoms with Gasteiger partial charge in [0.1, 0.15) is 23.2 Å². The highest BCUT2D eigenvalue weighted by Crippen LogP contribution is 2.32. The van der Waals surface area contributed by atoms with E-state index in [4.69, 9.17) is 0 Å². The minimum Gasteiger partial charge on any atom is -0.363 e. The van der Waals surface area contributed by atoms with E-state index in [0.717, 1.165) is 11.6 Å². The molecule has 0 saturated carbocycles. The summed E-state index contributed by atoms with van der Waals surface area (Å²) in [6, 6.07) is 9.52. The summed E-state index contributed by atoms with van der Waals surface area (Å²) in [6.45, 7) is 1.58. The highest BCUT2D eigenvalue weighted by Gasteiger charge is 2.34. The van der Waals surface area contributed by atoms with Gasteiger partial charge in [0.2, 0.25) is 0 Å². The first kappa shape index (κ1) is 23.8. The Morgan fingerprint density at radius 3 is 2.40 bits per heavy atom. The lowest BCUT2D eigenvalue weighted by atomic mass is 10.1. The van der Waals surface area contributed by atoms with Crippen LogP contribution in [0.15, 0.2) is 48.8 Å². The molecule has 2 aromatic heterocycles. The number of alkyl halides is 3. The van der Waals surface area contributed by atoms with Gasteiger partial charge in [-0.25, -0.2) is 14.4 Å². The quantitative estimate of drug-likeness (QED) is 0.266. The van der Waals surface area contributed by atoms with Crippen LogP contribution >= 0.6 is 0 Å². The maximum atomic E-state index is 13.5. The number of hydrogen-bond donors (Lipinski definition) is 3. The van der Waals surface area contributed by atoms with Gasteiger partial charge in [0.25, 0.3) is 5.91 Å². The molecular weight excluding hydrogens is 468 g/mol. The number of amides is 1. The third kappa shape index (κ3) is 5.26. The van der Waals surface area contributed by atoms with Gasteiger partial charge < -0.3 is 10.6 Å². The summed E-state index contributed by atoms with van der Waals surface area (Å²) in [4.78, 5) is 32.2. The van der Waals surface area contributed by atoms with E-state index >= 15 is 0 Å². The van der Waals surface area contributed by atoms with E-state index < -0.39 is 23.5 Å². The van der Waals surface area contributed by atoms with Gasteiger partial charge in [-0.05, 0) is 30.2 Å². The smallest absolute Gasteiger partial charge is 0.363 e. The predicted molar refractivity (Wildman–Crippen MR) is 118 cm³/mol. The molecule has 2 aromatic carbocycles. The van der Waals surface area contributed by atoms with Crippen molar-refractivity contribution in [2.24, 2.45) is 0 Å². The van der Waals surface area contributed by atoms with Crippen LogP contribution in [-0.2, 0) is 19.3 Å². The molecule has 0 aliphatic rings. The topological polar surface area (TPSA) is 113 Å². The zero-order valence-electron chi connectivity index (χ0n) is 18.2. The largest absolute Gasteiger partial charge is 0.419 e. The molecule has 2 heterocycles. The highest BCUT2D eigenvalue weighted by molar-refractivity contribution is 6.04. The van der Waals surface area contributed by atoms with Crippen molar-refractivity contribution in [2.45, 2.75) is 26.2 Å². The van der Waals surface area contributed by atoms with E-state index in [0.29, 0.717) is 35.6 Å². The number of anilines is 1. The summed E-state index contributed by atoms with van der Waals surface area (Å²) in [6.07, 6.45) is -3.68. The van der Waals surface area contributed by atoms with Crippen LogP contribution in [0.3, 0.4) is 0 Å². The molecule has 3 N–H and O–H groups in total. The molecule has 180 valence electrons. The van der Waals surface area contributed by atoms with Gasteiger partial charge in [-0.3, -0.25) is 14.7 Å². The number of rotatable bonds is 7. The molecular formula is C23H18F4N6O2. The van der Waals surface area contributed by atoms with Crippen LogP contribution in [0.4, 0.5) is 23.4 Å². The molecule has 0 saturated heterocycles. The number of fused-ring (bicyclic) bond motifs is 1. The van der Waals surface area contributed by atoms with E-state index in [1.54, 1.807) is 24.3 Å². The summed E-state index contributed by atoms with van der Waals surface area (Å²) < 4.78 is 52.2. The Balaban J connectivity index is 1.47. The third-order valence-electron chi connectivity index (χ3n) is 5.18. The van der Waals surface area contributed by atoms with Crippen LogP contribution in [-0.4, -0.2) is 31.9 Å². The first-order valence-electron chi connectivity index (χ1n) is 10.3. The number of Topliss-reactive ketones (excluding diaryl/α,β-unsaturated/α-hetero) is 1. The first-order valence-corrected chi connectivity index (χ1v) is 10.3. The Kier molecular flexibility index (Phi) is 6.45. The fraction of sp³-hybridized carbons (Fsp3) is 0.174. The van der Waals surface area contributed by atoms with Crippen LogP contribution in [0.5, 0.6) is 0 Å². The molecule has 1 amide bonds. The summed E-state index contributed by atoms with van der Waals surface area (Å²) in [5.74, 6) is -1.74. The van der Waals surface area contributed by atoms with E-state index in [2.05, 4.69) is 30.8 Å². The number of aromatic amines is 1. The second-order valence-corrected chi connectivity index (χ2v) is 7.62. The average Bonchev–Trinajstić information content (AvgIpc) is 3.24. The van der Waals surface area contributed by atoms with Crippen molar-refractivity contribution in [1.82, 2.24) is 25.5 Å². The van der Waals surface area contributed by atoms with Gasteiger partial charge >= 0.3 is 6.18 Å². The number of nitrogens with zero attached hydrogens (tertiary/aromatic N) is 3. The molecule has 0 aliphatic heterocycles. The van der Waals surface area contributed by atoms with Crippen LogP contribution in [0.1, 0.15) is 44.5 Å². The van der Waals surface area contributed by atoms with Crippen molar-refractivity contribution in [3.8, 4) is 0 Å². The number of nitrogens with one attached hydrogen (secondary N) is 3. The molecule has 4 rings (SSSR count). The van der Waals surface area contributed by atoms with Gasteiger partial charge in [0.05, 0.1) is 5.56 Å². The minimum absolute atomic E-state index is 0.0365. The number of hydrogen-bond acceptors (Lipinski definition) is 6. The Bertz CT molecular complexity index is 1400. The van der Waals surface area contributed by atoms with Crippen molar-refractivity contribution in [3.05, 3.63) is 82.6 Å². The molecule has 12 heteroatoms. The highest BCUT2D eigenvalue weighted by atomic mass is 19.4. The molecule has 0 aliphatic carbocycles. The molecule has 35 heavy (non-hydrogen) atoms. The molecule has 0 spiro atoms. The van der Waals surface area contributed by atoms with Crippen LogP contribution in [0.2, 0.25) is 0 Å². The fourth-order valence-electron chi connectivity index (χ4n) is 3.34. The lowest BCUT2D eigenvalue weighted by Gasteiger charge is -2.11. The van der Waals surface area contributed by atoms with Crippen LogP contribution in [0, 0.1) is 5.82 Å². The zero-order chi connectivity index (χ0) is 25.2. The molecule has 0 fully saturated rings. The van der Waals surface area contributed by atoms with E-state index in [1.807, 2.05) is 0 Å². The van der Waals surface area contributed by atoms with Gasteiger partial charge in [-0.2, -0.15) is 18.3 Å². The standard InChI is InChI=1S/C23H18F4N6O2/c1-12(34)15-5-2-13(3-6-15)9-28-21-19-18(32-33-21)20(31-11-30-19)22(35)29-10-14-4-7-17(24)16(8-14)23(25,26)27/h2-8,11H,9-10H2,1H3,(H,29,35)(H2,28,32,33). The van der Waals surface area contributed by atoms with Crippen molar-refractivity contribution in [1.29, 1.82) is 0 Å². The van der Waals surface area contributed by atoms with Crippen LogP contribution < -0.4 is 10.6 Å². The summed E-state index contributed by atoms with van der Waals surface area (Å²) >= 11 is 0. The monoisotopic (exact) mass is 486 g/mol. The number of ketones is 1. The fourth-order valence-corrected chi connectivity index (χ4v) is 3.34. The van der Waals surface area contributed by atoms with E-state index in [1.165, 1.54) is 13.3 Å². The molecule has 0 bridgehead atoms. The van der Waals surface area contributed by atoms with Crippen molar-refractivity contribution in [3.63, 3.8) is 0 Å². The van der Waals surface area contributed by atoms with Gasteiger partial charge in [-0.15, -0.1) is 0 Å². The Labute approximate surface area is 195 Å². The Morgan fingerprint density at radius 1 is 1.00 bits per heavy atom. The second kappa shape index (κ2) is 9.49. The first-order chi connectivity index (χ1) is 16.6. The lowest BCUT2D eigenvalue weighted by molar-refractivity contribution is -0.140.